The van der Waals surface area contributed by atoms with Gasteiger partial charge in [0.1, 0.15) is 0 Å². The zero-order valence-electron chi connectivity index (χ0n) is 14.8. The number of hydrogen-bond donors (Lipinski definition) is 1. The molecule has 0 saturated carbocycles. The third-order valence-corrected chi connectivity index (χ3v) is 4.59. The highest BCUT2D eigenvalue weighted by atomic mass is 35.5. The average molecular weight is 377 g/mol. The highest BCUT2D eigenvalue weighted by Crippen LogP contribution is 2.28. The van der Waals surface area contributed by atoms with Crippen molar-refractivity contribution in [1.82, 2.24) is 4.90 Å². The van der Waals surface area contributed by atoms with E-state index in [1.807, 2.05) is 47.4 Å². The first-order valence-corrected chi connectivity index (χ1v) is 8.53. The fourth-order valence-corrected chi connectivity index (χ4v) is 3.23. The van der Waals surface area contributed by atoms with Crippen LogP contribution in [0.15, 0.2) is 54.6 Å². The van der Waals surface area contributed by atoms with Crippen LogP contribution in [0.1, 0.15) is 17.9 Å². The molecule has 26 heavy (non-hydrogen) atoms. The van der Waals surface area contributed by atoms with E-state index in [-0.39, 0.29) is 30.3 Å². The number of nitrogens with zero attached hydrogens (tertiary/aromatic N) is 1. The van der Waals surface area contributed by atoms with Gasteiger partial charge in [-0.1, -0.05) is 42.5 Å². The highest BCUT2D eigenvalue weighted by Gasteiger charge is 2.33. The van der Waals surface area contributed by atoms with Crippen LogP contribution in [0.4, 0.5) is 0 Å². The first-order chi connectivity index (χ1) is 12.2. The third-order valence-electron chi connectivity index (χ3n) is 4.59. The number of methoxy groups -OCH3 is 1. The Morgan fingerprint density at radius 2 is 1.73 bits per heavy atom. The molecule has 1 aliphatic heterocycles. The molecule has 2 aromatic carbocycles. The monoisotopic (exact) mass is 376 g/mol. The summed E-state index contributed by atoms with van der Waals surface area (Å²) in [6.45, 7) is 1.58. The number of hydrogen-bond acceptors (Lipinski definition) is 4. The van der Waals surface area contributed by atoms with Gasteiger partial charge in [0, 0.05) is 25.0 Å². The summed E-state index contributed by atoms with van der Waals surface area (Å²) in [5, 5.41) is 0. The molecule has 1 aliphatic rings. The van der Waals surface area contributed by atoms with Crippen molar-refractivity contribution >= 4 is 18.3 Å². The van der Waals surface area contributed by atoms with Crippen LogP contribution in [0.2, 0.25) is 0 Å². The lowest BCUT2D eigenvalue weighted by molar-refractivity contribution is -0.130. The number of carbonyl (C=O) groups excluding carboxylic acids is 1. The second kappa shape index (κ2) is 9.46. The molecule has 2 N–H and O–H groups in total. The van der Waals surface area contributed by atoms with Crippen LogP contribution >= 0.6 is 12.4 Å². The lowest BCUT2D eigenvalue weighted by Gasteiger charge is -2.17. The summed E-state index contributed by atoms with van der Waals surface area (Å²) in [6.07, 6.45) is 0.326. The van der Waals surface area contributed by atoms with Crippen molar-refractivity contribution in [3.8, 4) is 11.5 Å². The number of amides is 1. The van der Waals surface area contributed by atoms with Crippen molar-refractivity contribution in [3.63, 3.8) is 0 Å². The fraction of sp³-hybridized carbons (Fsp3) is 0.350. The Morgan fingerprint density at radius 1 is 1.08 bits per heavy atom. The predicted octanol–water partition coefficient (Wildman–Crippen LogP) is 2.84. The maximum atomic E-state index is 12.5. The molecule has 140 valence electrons. The van der Waals surface area contributed by atoms with Crippen molar-refractivity contribution in [3.05, 3.63) is 60.2 Å². The summed E-state index contributed by atoms with van der Waals surface area (Å²) in [5.74, 6) is 1.59. The van der Waals surface area contributed by atoms with Gasteiger partial charge >= 0.3 is 0 Å². The van der Waals surface area contributed by atoms with E-state index in [1.54, 1.807) is 7.11 Å². The smallest absolute Gasteiger partial charge is 0.226 e. The van der Waals surface area contributed by atoms with E-state index in [0.717, 1.165) is 0 Å². The van der Waals surface area contributed by atoms with Crippen LogP contribution in [0, 0.1) is 0 Å². The molecule has 0 spiro atoms. The predicted molar refractivity (Wildman–Crippen MR) is 104 cm³/mol. The lowest BCUT2D eigenvalue weighted by atomic mass is 9.95. The SMILES string of the molecule is COc1ccccc1OCCC(=O)N1C[C@@H](N)[C@H](c2ccccc2)C1.Cl. The molecule has 0 unspecified atom stereocenters. The Balaban J connectivity index is 0.00000243. The van der Waals surface area contributed by atoms with Gasteiger partial charge < -0.3 is 20.1 Å². The first kappa shape index (κ1) is 20.1. The minimum absolute atomic E-state index is 0. The van der Waals surface area contributed by atoms with E-state index in [0.29, 0.717) is 37.6 Å². The molecule has 6 heteroatoms. The minimum atomic E-state index is -0.0264. The van der Waals surface area contributed by atoms with Crippen LogP contribution in [0.25, 0.3) is 0 Å². The fourth-order valence-electron chi connectivity index (χ4n) is 3.23. The number of ether oxygens (including phenoxy) is 2. The first-order valence-electron chi connectivity index (χ1n) is 8.53. The molecule has 0 aromatic heterocycles. The maximum absolute atomic E-state index is 12.5. The van der Waals surface area contributed by atoms with Crippen molar-refractivity contribution < 1.29 is 14.3 Å². The lowest BCUT2D eigenvalue weighted by Crippen LogP contribution is -2.32. The number of carbonyl (C=O) groups is 1. The van der Waals surface area contributed by atoms with E-state index in [9.17, 15) is 4.79 Å². The molecule has 2 aromatic rings. The summed E-state index contributed by atoms with van der Waals surface area (Å²) in [5.41, 5.74) is 7.45. The van der Waals surface area contributed by atoms with Gasteiger partial charge in [0.05, 0.1) is 20.1 Å². The zero-order valence-corrected chi connectivity index (χ0v) is 15.7. The summed E-state index contributed by atoms with van der Waals surface area (Å²) in [6, 6.07) is 17.6. The van der Waals surface area contributed by atoms with Gasteiger partial charge in [0.15, 0.2) is 11.5 Å². The van der Waals surface area contributed by atoms with E-state index >= 15 is 0 Å². The topological polar surface area (TPSA) is 64.8 Å². The summed E-state index contributed by atoms with van der Waals surface area (Å²) < 4.78 is 10.9. The largest absolute Gasteiger partial charge is 0.493 e. The number of benzene rings is 2. The van der Waals surface area contributed by atoms with Gasteiger partial charge in [-0.25, -0.2) is 0 Å². The number of para-hydroxylation sites is 2. The van der Waals surface area contributed by atoms with Crippen molar-refractivity contribution in [2.24, 2.45) is 5.73 Å². The molecular weight excluding hydrogens is 352 g/mol. The van der Waals surface area contributed by atoms with Crippen molar-refractivity contribution in [2.75, 3.05) is 26.8 Å². The maximum Gasteiger partial charge on any atom is 0.226 e. The third kappa shape index (κ3) is 4.68. The molecule has 1 amide bonds. The minimum Gasteiger partial charge on any atom is -0.493 e. The zero-order chi connectivity index (χ0) is 17.6. The molecule has 3 rings (SSSR count). The van der Waals surface area contributed by atoms with Gasteiger partial charge in [-0.05, 0) is 17.7 Å². The molecule has 2 atom stereocenters. The van der Waals surface area contributed by atoms with Crippen molar-refractivity contribution in [2.45, 2.75) is 18.4 Å². The number of rotatable bonds is 6. The Labute approximate surface area is 160 Å². The molecule has 0 aliphatic carbocycles. The molecule has 5 nitrogen and oxygen atoms in total. The van der Waals surface area contributed by atoms with E-state index in [4.69, 9.17) is 15.2 Å². The molecule has 1 heterocycles. The number of nitrogens with two attached hydrogens (primary N) is 1. The van der Waals surface area contributed by atoms with Crippen LogP contribution in [-0.2, 0) is 4.79 Å². The second-order valence-corrected chi connectivity index (χ2v) is 6.23. The van der Waals surface area contributed by atoms with Crippen LogP contribution in [0.5, 0.6) is 11.5 Å². The quantitative estimate of drug-likeness (QED) is 0.841. The Kier molecular flexibility index (Phi) is 7.30. The van der Waals surface area contributed by atoms with E-state index in [1.165, 1.54) is 5.56 Å². The molecule has 0 radical (unpaired) electrons. The van der Waals surface area contributed by atoms with Gasteiger partial charge in [0.2, 0.25) is 5.91 Å². The van der Waals surface area contributed by atoms with E-state index in [2.05, 4.69) is 12.1 Å². The summed E-state index contributed by atoms with van der Waals surface area (Å²) in [4.78, 5) is 14.3. The number of halogens is 1. The Hall–Kier alpha value is -2.24. The Morgan fingerprint density at radius 3 is 2.42 bits per heavy atom. The summed E-state index contributed by atoms with van der Waals surface area (Å²) in [7, 11) is 1.60. The van der Waals surface area contributed by atoms with Crippen LogP contribution in [-0.4, -0.2) is 43.7 Å². The average Bonchev–Trinajstić information content (AvgIpc) is 3.04. The van der Waals surface area contributed by atoms with Gasteiger partial charge in [-0.3, -0.25) is 4.79 Å². The summed E-state index contributed by atoms with van der Waals surface area (Å²) >= 11 is 0. The highest BCUT2D eigenvalue weighted by molar-refractivity contribution is 5.85. The molecule has 1 saturated heterocycles. The van der Waals surface area contributed by atoms with Crippen LogP contribution in [0.3, 0.4) is 0 Å². The molecular formula is C20H25ClN2O3. The second-order valence-electron chi connectivity index (χ2n) is 6.23. The van der Waals surface area contributed by atoms with Gasteiger partial charge in [0.25, 0.3) is 0 Å². The molecule has 0 bridgehead atoms. The van der Waals surface area contributed by atoms with Crippen molar-refractivity contribution in [1.29, 1.82) is 0 Å². The Bertz CT molecular complexity index is 711. The molecule has 1 fully saturated rings. The van der Waals surface area contributed by atoms with Crippen LogP contribution < -0.4 is 15.2 Å². The normalized spacial score (nSPS) is 18.9. The van der Waals surface area contributed by atoms with Gasteiger partial charge in [-0.2, -0.15) is 0 Å². The van der Waals surface area contributed by atoms with E-state index < -0.39 is 0 Å². The standard InChI is InChI=1S/C20H24N2O3.ClH/c1-24-18-9-5-6-10-19(18)25-12-11-20(23)22-13-16(17(21)14-22)15-7-3-2-4-8-15;/h2-10,16-17H,11-14,21H2,1H3;1H/t16-,17+;/m0./s1. The van der Waals surface area contributed by atoms with Gasteiger partial charge in [-0.15, -0.1) is 12.4 Å². The number of likely N-dealkylation sites (tertiary alicyclic amines) is 1.